The minimum atomic E-state index is -0.833. The van der Waals surface area contributed by atoms with E-state index in [0.717, 1.165) is 24.8 Å². The van der Waals surface area contributed by atoms with Gasteiger partial charge < -0.3 is 24.1 Å². The molecule has 0 spiro atoms. The lowest BCUT2D eigenvalue weighted by Crippen LogP contribution is -2.60. The van der Waals surface area contributed by atoms with Crippen molar-refractivity contribution in [1.29, 1.82) is 0 Å². The van der Waals surface area contributed by atoms with Crippen LogP contribution in [0.25, 0.3) is 0 Å². The van der Waals surface area contributed by atoms with E-state index in [0.29, 0.717) is 25.0 Å². The molecule has 0 aliphatic carbocycles. The Kier molecular flexibility index (Phi) is 9.30. The number of rotatable bonds is 11. The average Bonchev–Trinajstić information content (AvgIpc) is 2.92. The summed E-state index contributed by atoms with van der Waals surface area (Å²) in [5.74, 6) is -0.714. The molecule has 0 bridgehead atoms. The summed E-state index contributed by atoms with van der Waals surface area (Å²) in [6.45, 7) is 8.58. The fourth-order valence-electron chi connectivity index (χ4n) is 5.04. The van der Waals surface area contributed by atoms with Gasteiger partial charge in [0, 0.05) is 20.0 Å². The van der Waals surface area contributed by atoms with Crippen LogP contribution in [0.3, 0.4) is 0 Å². The van der Waals surface area contributed by atoms with Crippen LogP contribution in [0.1, 0.15) is 36.8 Å². The molecule has 2 aliphatic heterocycles. The zero-order valence-electron chi connectivity index (χ0n) is 21.1. The molecule has 2 heterocycles. The number of aliphatic hydroxyl groups is 1. The number of methoxy groups -OCH3 is 1. The van der Waals surface area contributed by atoms with Gasteiger partial charge in [0.05, 0.1) is 12.7 Å². The predicted octanol–water partition coefficient (Wildman–Crippen LogP) is 5.54. The first-order chi connectivity index (χ1) is 17.5. The summed E-state index contributed by atoms with van der Waals surface area (Å²) in [5.41, 5.74) is 2.93. The van der Waals surface area contributed by atoms with Crippen molar-refractivity contribution >= 4 is 0 Å². The zero-order chi connectivity index (χ0) is 25.4. The van der Waals surface area contributed by atoms with Gasteiger partial charge in [-0.25, -0.2) is 0 Å². The Labute approximate surface area is 215 Å². The Morgan fingerprint density at radius 3 is 2.47 bits per heavy atom. The molecule has 5 heteroatoms. The zero-order valence-corrected chi connectivity index (χ0v) is 21.1. The van der Waals surface area contributed by atoms with Gasteiger partial charge in [-0.2, -0.15) is 0 Å². The van der Waals surface area contributed by atoms with Gasteiger partial charge in [0.1, 0.15) is 24.4 Å². The maximum absolute atomic E-state index is 11.1. The van der Waals surface area contributed by atoms with Crippen LogP contribution in [0.15, 0.2) is 97.6 Å². The molecule has 2 aromatic carbocycles. The molecule has 4 rings (SSSR count). The molecule has 2 saturated heterocycles. The molecular weight excluding hydrogens is 452 g/mol. The third-order valence-electron chi connectivity index (χ3n) is 7.09. The number of hydrogen-bond donors (Lipinski definition) is 1. The van der Waals surface area contributed by atoms with E-state index in [1.807, 2.05) is 60.7 Å². The highest BCUT2D eigenvalue weighted by molar-refractivity contribution is 5.23. The molecule has 2 aromatic rings. The second kappa shape index (κ2) is 12.6. The van der Waals surface area contributed by atoms with Gasteiger partial charge in [0.2, 0.25) is 0 Å². The first kappa shape index (κ1) is 26.5. The third kappa shape index (κ3) is 6.41. The topological polar surface area (TPSA) is 57.2 Å². The van der Waals surface area contributed by atoms with E-state index in [1.165, 1.54) is 5.56 Å². The quantitative estimate of drug-likeness (QED) is 0.419. The lowest BCUT2D eigenvalue weighted by molar-refractivity contribution is -0.325. The molecule has 1 N–H and O–H groups in total. The van der Waals surface area contributed by atoms with E-state index >= 15 is 0 Å². The molecular formula is C31H38O5. The Morgan fingerprint density at radius 1 is 1.11 bits per heavy atom. The minimum Gasteiger partial charge on any atom is -0.386 e. The van der Waals surface area contributed by atoms with Gasteiger partial charge in [-0.05, 0) is 36.0 Å². The van der Waals surface area contributed by atoms with Crippen LogP contribution in [-0.2, 0) is 32.0 Å². The Hall–Kier alpha value is -2.54. The van der Waals surface area contributed by atoms with E-state index in [-0.39, 0.29) is 12.2 Å². The van der Waals surface area contributed by atoms with Crippen LogP contribution >= 0.6 is 0 Å². The van der Waals surface area contributed by atoms with Crippen LogP contribution < -0.4 is 0 Å². The molecule has 5 nitrogen and oxygen atoms in total. The maximum atomic E-state index is 11.1. The Morgan fingerprint density at radius 2 is 1.81 bits per heavy atom. The van der Waals surface area contributed by atoms with E-state index in [4.69, 9.17) is 18.9 Å². The van der Waals surface area contributed by atoms with E-state index in [1.54, 1.807) is 13.2 Å². The Balaban J connectivity index is 1.51. The van der Waals surface area contributed by atoms with Gasteiger partial charge >= 0.3 is 0 Å². The van der Waals surface area contributed by atoms with Crippen molar-refractivity contribution < 1.29 is 24.1 Å². The van der Waals surface area contributed by atoms with E-state index in [2.05, 4.69) is 25.3 Å². The lowest BCUT2D eigenvalue weighted by Gasteiger charge is -2.51. The number of hydrogen-bond acceptors (Lipinski definition) is 5. The summed E-state index contributed by atoms with van der Waals surface area (Å²) in [7, 11) is 1.69. The summed E-state index contributed by atoms with van der Waals surface area (Å²) in [6, 6.07) is 20.2. The second-order valence-electron chi connectivity index (χ2n) is 9.56. The summed E-state index contributed by atoms with van der Waals surface area (Å²) in [6.07, 6.45) is 6.86. The van der Waals surface area contributed by atoms with Gasteiger partial charge in [0.25, 0.3) is 0 Å². The second-order valence-corrected chi connectivity index (χ2v) is 9.56. The van der Waals surface area contributed by atoms with Gasteiger partial charge in [-0.15, -0.1) is 6.58 Å². The van der Waals surface area contributed by atoms with Crippen LogP contribution in [0.4, 0.5) is 0 Å². The van der Waals surface area contributed by atoms with Crippen LogP contribution in [-0.4, -0.2) is 48.5 Å². The predicted molar refractivity (Wildman–Crippen MR) is 141 cm³/mol. The summed E-state index contributed by atoms with van der Waals surface area (Å²) < 4.78 is 25.3. The largest absolute Gasteiger partial charge is 0.386 e. The minimum absolute atomic E-state index is 0.231. The highest BCUT2D eigenvalue weighted by Crippen LogP contribution is 2.42. The van der Waals surface area contributed by atoms with Crippen LogP contribution in [0, 0.1) is 0 Å². The van der Waals surface area contributed by atoms with Crippen molar-refractivity contribution in [2.45, 2.75) is 75.0 Å². The third-order valence-corrected chi connectivity index (χ3v) is 7.09. The lowest BCUT2D eigenvalue weighted by atomic mass is 9.84. The highest BCUT2D eigenvalue weighted by atomic mass is 16.7. The Bertz CT molecular complexity index is 1000. The van der Waals surface area contributed by atoms with E-state index < -0.39 is 24.1 Å². The molecule has 2 fully saturated rings. The normalized spacial score (nSPS) is 29.1. The fraction of sp³-hybridized carbons (Fsp3) is 0.419. The summed E-state index contributed by atoms with van der Waals surface area (Å²) in [5, 5.41) is 11.1. The first-order valence-electron chi connectivity index (χ1n) is 12.8. The molecule has 192 valence electrons. The number of ether oxygens (including phenoxy) is 4. The van der Waals surface area contributed by atoms with Crippen molar-refractivity contribution in [3.63, 3.8) is 0 Å². The van der Waals surface area contributed by atoms with Gasteiger partial charge in [-0.3, -0.25) is 0 Å². The molecule has 0 aromatic heterocycles. The number of allylic oxidation sites excluding steroid dienone is 2. The molecule has 1 unspecified atom stereocenters. The number of fused-ring (bicyclic) bond motifs is 1. The molecule has 6 atom stereocenters. The van der Waals surface area contributed by atoms with E-state index in [9.17, 15) is 5.11 Å². The standard InChI is InChI=1S/C31H38O5/c1-4-5-20-31(33-3)21-19-27-30(36-31)29(34-22-25-15-10-7-11-16-25)23(2)28(35-27)26(32)18-12-17-24-13-8-6-9-14-24/h4,6-16,18,26-30,32H,1-2,5,17,19-22H2,3H3/b18-12+/t26?,27-,28+,29-,30-,31-/m1/s1. The van der Waals surface area contributed by atoms with Crippen molar-refractivity contribution in [3.8, 4) is 0 Å². The van der Waals surface area contributed by atoms with Crippen molar-refractivity contribution in [2.24, 2.45) is 0 Å². The molecule has 0 saturated carbocycles. The van der Waals surface area contributed by atoms with Crippen molar-refractivity contribution in [1.82, 2.24) is 0 Å². The number of aliphatic hydroxyl groups excluding tert-OH is 1. The summed E-state index contributed by atoms with van der Waals surface area (Å²) in [4.78, 5) is 0. The molecule has 36 heavy (non-hydrogen) atoms. The average molecular weight is 491 g/mol. The molecule has 0 radical (unpaired) electrons. The fourth-order valence-corrected chi connectivity index (χ4v) is 5.04. The first-order valence-corrected chi connectivity index (χ1v) is 12.8. The summed E-state index contributed by atoms with van der Waals surface area (Å²) >= 11 is 0. The van der Waals surface area contributed by atoms with Crippen molar-refractivity contribution in [3.05, 3.63) is 109 Å². The van der Waals surface area contributed by atoms with Crippen LogP contribution in [0.2, 0.25) is 0 Å². The molecule has 0 amide bonds. The smallest absolute Gasteiger partial charge is 0.168 e. The monoisotopic (exact) mass is 490 g/mol. The van der Waals surface area contributed by atoms with Crippen molar-refractivity contribution in [2.75, 3.05) is 7.11 Å². The van der Waals surface area contributed by atoms with Crippen LogP contribution in [0.5, 0.6) is 0 Å². The maximum Gasteiger partial charge on any atom is 0.168 e. The SMILES string of the molecule is C=CCC[C@]1(OC)CC[C@H]2O[C@H](C(O)/C=C/Cc3ccccc3)C(=C)[C@@H](OCc3ccccc3)[C@@H]2O1. The number of benzene rings is 2. The molecule has 2 aliphatic rings. The highest BCUT2D eigenvalue weighted by Gasteiger charge is 2.51. The van der Waals surface area contributed by atoms with Gasteiger partial charge in [-0.1, -0.05) is 85.5 Å². The van der Waals surface area contributed by atoms with Gasteiger partial charge in [0.15, 0.2) is 5.79 Å².